The van der Waals surface area contributed by atoms with E-state index in [2.05, 4.69) is 17.2 Å². The van der Waals surface area contributed by atoms with Crippen LogP contribution in [0.1, 0.15) is 36.5 Å². The third-order valence-electron chi connectivity index (χ3n) is 3.62. The normalized spacial score (nSPS) is 12.5. The van der Waals surface area contributed by atoms with Crippen molar-refractivity contribution in [2.45, 2.75) is 26.2 Å². The van der Waals surface area contributed by atoms with E-state index in [9.17, 15) is 4.79 Å². The first-order valence-corrected chi connectivity index (χ1v) is 7.21. The molecule has 0 bridgehead atoms. The van der Waals surface area contributed by atoms with Crippen LogP contribution in [-0.2, 0) is 0 Å². The van der Waals surface area contributed by atoms with Gasteiger partial charge in [0.05, 0.1) is 5.56 Å². The van der Waals surface area contributed by atoms with E-state index in [0.717, 1.165) is 30.2 Å². The molecule has 3 N–H and O–H groups in total. The number of rotatable bonds is 7. The van der Waals surface area contributed by atoms with Gasteiger partial charge in [-0.2, -0.15) is 0 Å². The van der Waals surface area contributed by atoms with Gasteiger partial charge in [0.2, 0.25) is 0 Å². The Hall–Kier alpha value is -1.81. The molecule has 4 heteroatoms. The quantitative estimate of drug-likeness (QED) is 0.727. The maximum atomic E-state index is 12.2. The van der Waals surface area contributed by atoms with E-state index in [1.807, 2.05) is 24.3 Å². The summed E-state index contributed by atoms with van der Waals surface area (Å²) in [5.41, 5.74) is 1.65. The van der Waals surface area contributed by atoms with Gasteiger partial charge in [-0.3, -0.25) is 4.79 Å². The van der Waals surface area contributed by atoms with Gasteiger partial charge in [-0.15, -0.1) is 0 Å². The molecule has 0 aliphatic carbocycles. The predicted octanol–water partition coefficient (Wildman–Crippen LogP) is 2.70. The molecule has 2 aromatic rings. The van der Waals surface area contributed by atoms with Crippen molar-refractivity contribution in [1.29, 1.82) is 0 Å². The predicted molar refractivity (Wildman–Crippen MR) is 80.7 cm³/mol. The molecule has 0 radical (unpaired) electrons. The third kappa shape index (κ3) is 3.39. The summed E-state index contributed by atoms with van der Waals surface area (Å²) < 4.78 is 0. The molecule has 1 atom stereocenters. The molecule has 1 amide bonds. The zero-order valence-corrected chi connectivity index (χ0v) is 11.9. The molecule has 0 aliphatic rings. The average molecular weight is 274 g/mol. The molecule has 1 heterocycles. The number of carbonyl (C=O) groups excluding carboxylic acids is 1. The number of H-pyrrole nitrogens is 1. The number of para-hydroxylation sites is 1. The summed E-state index contributed by atoms with van der Waals surface area (Å²) in [4.78, 5) is 15.3. The van der Waals surface area contributed by atoms with Gasteiger partial charge in [-0.05, 0) is 24.8 Å². The topological polar surface area (TPSA) is 65.1 Å². The summed E-state index contributed by atoms with van der Waals surface area (Å²) in [5.74, 6) is 0.292. The highest BCUT2D eigenvalue weighted by Gasteiger charge is 2.13. The number of hydrogen-bond donors (Lipinski definition) is 3. The molecule has 1 aromatic carbocycles. The molecule has 20 heavy (non-hydrogen) atoms. The molecule has 1 unspecified atom stereocenters. The maximum Gasteiger partial charge on any atom is 0.253 e. The molecule has 1 aromatic heterocycles. The van der Waals surface area contributed by atoms with Crippen LogP contribution in [0, 0.1) is 5.92 Å². The molecule has 0 aliphatic heterocycles. The van der Waals surface area contributed by atoms with Crippen LogP contribution in [0.5, 0.6) is 0 Å². The van der Waals surface area contributed by atoms with Crippen LogP contribution in [0.25, 0.3) is 10.9 Å². The lowest BCUT2D eigenvalue weighted by molar-refractivity contribution is 0.0944. The lowest BCUT2D eigenvalue weighted by Gasteiger charge is -2.15. The van der Waals surface area contributed by atoms with Crippen molar-refractivity contribution in [3.8, 4) is 0 Å². The van der Waals surface area contributed by atoms with Gasteiger partial charge in [0.1, 0.15) is 0 Å². The Kier molecular flexibility index (Phi) is 5.18. The van der Waals surface area contributed by atoms with Crippen molar-refractivity contribution in [2.24, 2.45) is 5.92 Å². The first kappa shape index (κ1) is 14.6. The molecular weight excluding hydrogens is 252 g/mol. The number of aliphatic hydroxyl groups excluding tert-OH is 1. The average Bonchev–Trinajstić information content (AvgIpc) is 2.89. The van der Waals surface area contributed by atoms with Gasteiger partial charge in [-0.1, -0.05) is 31.5 Å². The molecular formula is C16H22N2O2. The zero-order valence-electron chi connectivity index (χ0n) is 11.9. The Morgan fingerprint density at radius 1 is 1.35 bits per heavy atom. The number of aromatic amines is 1. The van der Waals surface area contributed by atoms with Crippen LogP contribution in [0.3, 0.4) is 0 Å². The lowest BCUT2D eigenvalue weighted by Crippen LogP contribution is -2.29. The van der Waals surface area contributed by atoms with Crippen LogP contribution in [0.15, 0.2) is 30.5 Å². The van der Waals surface area contributed by atoms with Crippen LogP contribution >= 0.6 is 0 Å². The minimum absolute atomic E-state index is 0.0542. The van der Waals surface area contributed by atoms with E-state index >= 15 is 0 Å². The summed E-state index contributed by atoms with van der Waals surface area (Å²) in [7, 11) is 0. The smallest absolute Gasteiger partial charge is 0.253 e. The Morgan fingerprint density at radius 3 is 2.90 bits per heavy atom. The van der Waals surface area contributed by atoms with Crippen molar-refractivity contribution in [2.75, 3.05) is 13.2 Å². The molecule has 0 saturated heterocycles. The second-order valence-electron chi connectivity index (χ2n) is 5.12. The number of fused-ring (bicyclic) bond motifs is 1. The number of benzene rings is 1. The molecule has 108 valence electrons. The second kappa shape index (κ2) is 7.10. The number of carbonyl (C=O) groups is 1. The molecule has 0 spiro atoms. The van der Waals surface area contributed by atoms with Crippen molar-refractivity contribution >= 4 is 16.8 Å². The Morgan fingerprint density at radius 2 is 2.15 bits per heavy atom. The number of nitrogens with one attached hydrogen (secondary N) is 2. The summed E-state index contributed by atoms with van der Waals surface area (Å²) in [6.45, 7) is 2.91. The monoisotopic (exact) mass is 274 g/mol. The van der Waals surface area contributed by atoms with E-state index in [0.29, 0.717) is 18.0 Å². The summed E-state index contributed by atoms with van der Waals surface area (Å²) in [6.07, 6.45) is 4.57. The SMILES string of the molecule is CCCC(CCO)CNC(=O)c1c[nH]c2ccccc12. The number of aliphatic hydroxyl groups is 1. The summed E-state index contributed by atoms with van der Waals surface area (Å²) >= 11 is 0. The van der Waals surface area contributed by atoms with Crippen molar-refractivity contribution in [3.05, 3.63) is 36.0 Å². The zero-order chi connectivity index (χ0) is 14.4. The minimum atomic E-state index is -0.0542. The lowest BCUT2D eigenvalue weighted by atomic mass is 10.00. The Bertz CT molecular complexity index is 556. The fourth-order valence-electron chi connectivity index (χ4n) is 2.53. The first-order valence-electron chi connectivity index (χ1n) is 7.21. The van der Waals surface area contributed by atoms with E-state index in [-0.39, 0.29) is 12.5 Å². The van der Waals surface area contributed by atoms with Gasteiger partial charge in [-0.25, -0.2) is 0 Å². The van der Waals surface area contributed by atoms with E-state index in [4.69, 9.17) is 5.11 Å². The van der Waals surface area contributed by atoms with E-state index in [1.54, 1.807) is 6.20 Å². The van der Waals surface area contributed by atoms with Gasteiger partial charge in [0.15, 0.2) is 0 Å². The molecule has 2 rings (SSSR count). The number of amides is 1. The second-order valence-corrected chi connectivity index (χ2v) is 5.12. The fourth-order valence-corrected chi connectivity index (χ4v) is 2.53. The Labute approximate surface area is 119 Å². The largest absolute Gasteiger partial charge is 0.396 e. The van der Waals surface area contributed by atoms with Crippen LogP contribution < -0.4 is 5.32 Å². The summed E-state index contributed by atoms with van der Waals surface area (Å²) in [5, 5.41) is 13.0. The van der Waals surface area contributed by atoms with Gasteiger partial charge in [0, 0.05) is 30.3 Å². The van der Waals surface area contributed by atoms with Crippen LogP contribution in [-0.4, -0.2) is 29.1 Å². The van der Waals surface area contributed by atoms with E-state index < -0.39 is 0 Å². The van der Waals surface area contributed by atoms with Gasteiger partial charge < -0.3 is 15.4 Å². The van der Waals surface area contributed by atoms with Crippen molar-refractivity contribution in [1.82, 2.24) is 10.3 Å². The number of aromatic nitrogens is 1. The van der Waals surface area contributed by atoms with Gasteiger partial charge in [0.25, 0.3) is 5.91 Å². The standard InChI is InChI=1S/C16H22N2O2/c1-2-5-12(8-9-19)10-18-16(20)14-11-17-15-7-4-3-6-13(14)15/h3-4,6-7,11-12,17,19H,2,5,8-10H2,1H3,(H,18,20). The fraction of sp³-hybridized carbons (Fsp3) is 0.438. The third-order valence-corrected chi connectivity index (χ3v) is 3.62. The Balaban J connectivity index is 2.01. The minimum Gasteiger partial charge on any atom is -0.396 e. The first-order chi connectivity index (χ1) is 9.76. The maximum absolute atomic E-state index is 12.2. The molecule has 4 nitrogen and oxygen atoms in total. The van der Waals surface area contributed by atoms with Gasteiger partial charge >= 0.3 is 0 Å². The molecule has 0 fully saturated rings. The van der Waals surface area contributed by atoms with Crippen LogP contribution in [0.2, 0.25) is 0 Å². The van der Waals surface area contributed by atoms with E-state index in [1.165, 1.54) is 0 Å². The highest BCUT2D eigenvalue weighted by atomic mass is 16.3. The van der Waals surface area contributed by atoms with Crippen molar-refractivity contribution in [3.63, 3.8) is 0 Å². The summed E-state index contributed by atoms with van der Waals surface area (Å²) in [6, 6.07) is 7.77. The highest BCUT2D eigenvalue weighted by molar-refractivity contribution is 6.06. The van der Waals surface area contributed by atoms with Crippen LogP contribution in [0.4, 0.5) is 0 Å². The number of hydrogen-bond acceptors (Lipinski definition) is 2. The molecule has 0 saturated carbocycles. The highest BCUT2D eigenvalue weighted by Crippen LogP contribution is 2.17. The van der Waals surface area contributed by atoms with Crippen molar-refractivity contribution < 1.29 is 9.90 Å².